The molecule has 0 unspecified atom stereocenters. The number of carbonyl (C=O) groups excluding carboxylic acids is 2. The molecule has 136 valence electrons. The van der Waals surface area contributed by atoms with E-state index >= 15 is 0 Å². The molecule has 0 aliphatic carbocycles. The van der Waals surface area contributed by atoms with Crippen molar-refractivity contribution < 1.29 is 22.7 Å². The van der Waals surface area contributed by atoms with Gasteiger partial charge in [0.05, 0.1) is 12.8 Å². The highest BCUT2D eigenvalue weighted by Gasteiger charge is 2.29. The van der Waals surface area contributed by atoms with Crippen molar-refractivity contribution >= 4 is 33.2 Å². The molecule has 0 bridgehead atoms. The lowest BCUT2D eigenvalue weighted by Crippen LogP contribution is -2.40. The molecule has 0 saturated carbocycles. The molecule has 1 heterocycles. The first-order chi connectivity index (χ1) is 12.4. The number of hydrogen-bond acceptors (Lipinski definition) is 5. The molecule has 2 aromatic carbocycles. The van der Waals surface area contributed by atoms with Crippen LogP contribution in [0.5, 0.6) is 5.75 Å². The Morgan fingerprint density at radius 3 is 2.27 bits per heavy atom. The lowest BCUT2D eigenvalue weighted by Gasteiger charge is -2.25. The first-order valence-corrected chi connectivity index (χ1v) is 9.52. The Labute approximate surface area is 151 Å². The van der Waals surface area contributed by atoms with Gasteiger partial charge in [-0.2, -0.15) is 0 Å². The summed E-state index contributed by atoms with van der Waals surface area (Å²) in [5.74, 6) is -0.564. The highest BCUT2D eigenvalue weighted by molar-refractivity contribution is 7.92. The Morgan fingerprint density at radius 1 is 1.00 bits per heavy atom. The maximum Gasteiger partial charge on any atom is 0.265 e. The van der Waals surface area contributed by atoms with Gasteiger partial charge in [0.1, 0.15) is 10.6 Å². The second-order valence-corrected chi connectivity index (χ2v) is 7.43. The Hall–Kier alpha value is -2.87. The van der Waals surface area contributed by atoms with Crippen LogP contribution in [0.25, 0.3) is 0 Å². The minimum atomic E-state index is -3.98. The summed E-state index contributed by atoms with van der Waals surface area (Å²) < 4.78 is 33.2. The average Bonchev–Trinajstić information content (AvgIpc) is 2.62. The quantitative estimate of drug-likeness (QED) is 0.812. The van der Waals surface area contributed by atoms with E-state index < -0.39 is 10.0 Å². The molecule has 1 aliphatic rings. The third kappa shape index (κ3) is 3.55. The van der Waals surface area contributed by atoms with Crippen LogP contribution in [0.15, 0.2) is 53.4 Å². The molecule has 0 atom stereocenters. The van der Waals surface area contributed by atoms with Crippen molar-refractivity contribution in [2.24, 2.45) is 0 Å². The topological polar surface area (TPSA) is 92.8 Å². The van der Waals surface area contributed by atoms with Crippen molar-refractivity contribution in [3.8, 4) is 5.75 Å². The van der Waals surface area contributed by atoms with E-state index in [0.29, 0.717) is 12.1 Å². The summed E-state index contributed by atoms with van der Waals surface area (Å²) in [6.07, 6.45) is 1.01. The molecule has 1 saturated heterocycles. The van der Waals surface area contributed by atoms with Crippen LogP contribution < -0.4 is 14.4 Å². The number of para-hydroxylation sites is 1. The van der Waals surface area contributed by atoms with Gasteiger partial charge in [0.15, 0.2) is 0 Å². The number of sulfonamides is 1. The van der Waals surface area contributed by atoms with Crippen molar-refractivity contribution in [2.75, 3.05) is 16.7 Å². The zero-order chi connectivity index (χ0) is 18.7. The van der Waals surface area contributed by atoms with Gasteiger partial charge in [-0.3, -0.25) is 19.2 Å². The number of ether oxygens (including phenoxy) is 1. The average molecular weight is 374 g/mol. The highest BCUT2D eigenvalue weighted by atomic mass is 32.2. The molecule has 2 amide bonds. The number of rotatable bonds is 5. The first-order valence-electron chi connectivity index (χ1n) is 8.04. The van der Waals surface area contributed by atoms with Gasteiger partial charge in [0.2, 0.25) is 11.8 Å². The Kier molecular flexibility index (Phi) is 4.94. The van der Waals surface area contributed by atoms with Crippen molar-refractivity contribution in [3.63, 3.8) is 0 Å². The molecule has 1 N–H and O–H groups in total. The molecule has 3 rings (SSSR count). The van der Waals surface area contributed by atoms with E-state index in [1.165, 1.54) is 25.3 Å². The molecule has 1 aliphatic heterocycles. The van der Waals surface area contributed by atoms with Crippen molar-refractivity contribution in [1.29, 1.82) is 0 Å². The summed E-state index contributed by atoms with van der Waals surface area (Å²) in [7, 11) is -2.62. The zero-order valence-electron chi connectivity index (χ0n) is 14.1. The number of hydrogen-bond donors (Lipinski definition) is 1. The molecule has 8 heteroatoms. The number of benzene rings is 2. The van der Waals surface area contributed by atoms with Crippen LogP contribution in [0.3, 0.4) is 0 Å². The number of piperidine rings is 1. The van der Waals surface area contributed by atoms with E-state index in [0.717, 1.165) is 4.90 Å². The molecular formula is C18H18N2O5S. The van der Waals surface area contributed by atoms with Gasteiger partial charge in [-0.15, -0.1) is 0 Å². The lowest BCUT2D eigenvalue weighted by molar-refractivity contribution is -0.129. The van der Waals surface area contributed by atoms with Crippen LogP contribution in [0.4, 0.5) is 11.4 Å². The number of anilines is 2. The van der Waals surface area contributed by atoms with Gasteiger partial charge >= 0.3 is 0 Å². The molecule has 1 fully saturated rings. The van der Waals surface area contributed by atoms with Gasteiger partial charge in [0.25, 0.3) is 10.0 Å². The molecule has 7 nitrogen and oxygen atoms in total. The maximum atomic E-state index is 12.8. The number of imide groups is 1. The smallest absolute Gasteiger partial charge is 0.265 e. The van der Waals surface area contributed by atoms with Crippen LogP contribution in [0.1, 0.15) is 19.3 Å². The first kappa shape index (κ1) is 17.9. The number of carbonyl (C=O) groups is 2. The fraction of sp³-hybridized carbons (Fsp3) is 0.222. The van der Waals surface area contributed by atoms with E-state index in [9.17, 15) is 18.0 Å². The summed E-state index contributed by atoms with van der Waals surface area (Å²) in [6.45, 7) is 0. The largest absolute Gasteiger partial charge is 0.495 e. The number of methoxy groups -OCH3 is 1. The number of nitrogens with zero attached hydrogens (tertiary/aromatic N) is 1. The van der Waals surface area contributed by atoms with Gasteiger partial charge in [-0.05, 0) is 36.8 Å². The SMILES string of the molecule is COc1ccc(N2C(=O)CCCC2=O)cc1S(=O)(=O)Nc1ccccc1. The Bertz CT molecular complexity index is 925. The fourth-order valence-corrected chi connectivity index (χ4v) is 4.02. The third-order valence-corrected chi connectivity index (χ3v) is 5.40. The maximum absolute atomic E-state index is 12.8. The fourth-order valence-electron chi connectivity index (χ4n) is 2.77. The molecular weight excluding hydrogens is 356 g/mol. The van der Waals surface area contributed by atoms with Crippen LogP contribution in [0.2, 0.25) is 0 Å². The highest BCUT2D eigenvalue weighted by Crippen LogP contribution is 2.32. The van der Waals surface area contributed by atoms with Gasteiger partial charge < -0.3 is 4.74 Å². The van der Waals surface area contributed by atoms with Crippen LogP contribution in [0, 0.1) is 0 Å². The van der Waals surface area contributed by atoms with E-state index in [2.05, 4.69) is 4.72 Å². The summed E-state index contributed by atoms with van der Waals surface area (Å²) in [5, 5.41) is 0. The van der Waals surface area contributed by atoms with Crippen LogP contribution in [-0.4, -0.2) is 27.3 Å². The predicted molar refractivity (Wildman–Crippen MR) is 96.6 cm³/mol. The van der Waals surface area contributed by atoms with Gasteiger partial charge in [-0.1, -0.05) is 18.2 Å². The second kappa shape index (κ2) is 7.17. The summed E-state index contributed by atoms with van der Waals surface area (Å²) >= 11 is 0. The van der Waals surface area contributed by atoms with Gasteiger partial charge in [-0.25, -0.2) is 8.42 Å². The Morgan fingerprint density at radius 2 is 1.65 bits per heavy atom. The van der Waals surface area contributed by atoms with Crippen LogP contribution in [-0.2, 0) is 19.6 Å². The minimum Gasteiger partial charge on any atom is -0.495 e. The third-order valence-electron chi connectivity index (χ3n) is 4.00. The van der Waals surface area contributed by atoms with E-state index in [1.807, 2.05) is 0 Å². The predicted octanol–water partition coefficient (Wildman–Crippen LogP) is 2.54. The normalized spacial score (nSPS) is 15.0. The molecule has 26 heavy (non-hydrogen) atoms. The molecule has 0 aromatic heterocycles. The summed E-state index contributed by atoms with van der Waals surface area (Å²) in [4.78, 5) is 25.1. The molecule has 0 radical (unpaired) electrons. The summed E-state index contributed by atoms with van der Waals surface area (Å²) in [5.41, 5.74) is 0.610. The van der Waals surface area contributed by atoms with Crippen molar-refractivity contribution in [3.05, 3.63) is 48.5 Å². The van der Waals surface area contributed by atoms with E-state index in [4.69, 9.17) is 4.74 Å². The number of nitrogens with one attached hydrogen (secondary N) is 1. The van der Waals surface area contributed by atoms with Crippen molar-refractivity contribution in [1.82, 2.24) is 0 Å². The molecule has 2 aromatic rings. The zero-order valence-corrected chi connectivity index (χ0v) is 15.0. The number of amides is 2. The van der Waals surface area contributed by atoms with E-state index in [1.54, 1.807) is 30.3 Å². The standard InChI is InChI=1S/C18H18N2O5S/c1-25-15-11-10-14(20-17(21)8-5-9-18(20)22)12-16(15)26(23,24)19-13-6-3-2-4-7-13/h2-4,6-7,10-12,19H,5,8-9H2,1H3. The second-order valence-electron chi connectivity index (χ2n) is 5.78. The van der Waals surface area contributed by atoms with Crippen molar-refractivity contribution in [2.45, 2.75) is 24.2 Å². The van der Waals surface area contributed by atoms with Crippen LogP contribution >= 0.6 is 0 Å². The lowest BCUT2D eigenvalue weighted by atomic mass is 10.1. The van der Waals surface area contributed by atoms with Gasteiger partial charge in [0, 0.05) is 18.5 Å². The summed E-state index contributed by atoms with van der Waals surface area (Å²) in [6, 6.07) is 12.6. The monoisotopic (exact) mass is 374 g/mol. The Balaban J connectivity index is 2.03. The molecule has 0 spiro atoms. The van der Waals surface area contributed by atoms with E-state index in [-0.39, 0.29) is 41.0 Å². The minimum absolute atomic E-state index is 0.120.